The summed E-state index contributed by atoms with van der Waals surface area (Å²) in [6.45, 7) is 6.33. The van der Waals surface area contributed by atoms with E-state index in [-0.39, 0.29) is 5.41 Å². The molecule has 0 aliphatic rings. The van der Waals surface area contributed by atoms with Gasteiger partial charge in [-0.15, -0.1) is 0 Å². The molecule has 0 saturated carbocycles. The summed E-state index contributed by atoms with van der Waals surface area (Å²) in [7, 11) is 0. The first kappa shape index (κ1) is 12.0. The predicted octanol–water partition coefficient (Wildman–Crippen LogP) is 3.61. The van der Waals surface area contributed by atoms with Crippen LogP contribution in [0.25, 0.3) is 11.1 Å². The van der Waals surface area contributed by atoms with E-state index in [9.17, 15) is 0 Å². The van der Waals surface area contributed by atoms with E-state index in [2.05, 4.69) is 31.0 Å². The predicted molar refractivity (Wildman–Crippen MR) is 72.1 cm³/mol. The topological polar surface area (TPSA) is 54.7 Å². The zero-order valence-corrected chi connectivity index (χ0v) is 11.0. The number of nitrogen functional groups attached to an aromatic ring is 1. The van der Waals surface area contributed by atoms with Gasteiger partial charge in [0.2, 0.25) is 0 Å². The van der Waals surface area contributed by atoms with E-state index >= 15 is 0 Å². The van der Waals surface area contributed by atoms with Gasteiger partial charge in [-0.25, -0.2) is 0 Å². The maximum Gasteiger partial charge on any atom is 0.153 e. The largest absolute Gasteiger partial charge is 0.382 e. The summed E-state index contributed by atoms with van der Waals surface area (Å²) in [6, 6.07) is 7.66. The Morgan fingerprint density at radius 2 is 1.88 bits per heavy atom. The Labute approximate surface area is 106 Å². The first-order chi connectivity index (χ1) is 7.91. The maximum absolute atomic E-state index is 6.21. The molecule has 4 heteroatoms. The SMILES string of the molecule is CC(C)(C)c1[nH]nc(N)c1-c1ccccc1Cl. The minimum atomic E-state index is -0.0564. The van der Waals surface area contributed by atoms with E-state index in [1.54, 1.807) is 0 Å². The van der Waals surface area contributed by atoms with Gasteiger partial charge in [0.1, 0.15) is 0 Å². The molecule has 0 fully saturated rings. The molecule has 0 amide bonds. The third-order valence-corrected chi connectivity index (χ3v) is 3.02. The van der Waals surface area contributed by atoms with Crippen LogP contribution in [0.15, 0.2) is 24.3 Å². The molecule has 0 radical (unpaired) electrons. The van der Waals surface area contributed by atoms with E-state index < -0.39 is 0 Å². The summed E-state index contributed by atoms with van der Waals surface area (Å²) in [6.07, 6.45) is 0. The molecule has 2 aromatic rings. The van der Waals surface area contributed by atoms with Crippen LogP contribution in [-0.2, 0) is 5.41 Å². The molecular formula is C13H16ClN3. The molecule has 0 bridgehead atoms. The van der Waals surface area contributed by atoms with Crippen molar-refractivity contribution in [3.8, 4) is 11.1 Å². The number of aromatic amines is 1. The number of anilines is 1. The van der Waals surface area contributed by atoms with Gasteiger partial charge in [-0.05, 0) is 6.07 Å². The van der Waals surface area contributed by atoms with E-state index in [1.807, 2.05) is 24.3 Å². The molecule has 1 aromatic carbocycles. The van der Waals surface area contributed by atoms with Crippen molar-refractivity contribution in [2.75, 3.05) is 5.73 Å². The maximum atomic E-state index is 6.21. The molecule has 0 atom stereocenters. The van der Waals surface area contributed by atoms with Gasteiger partial charge >= 0.3 is 0 Å². The van der Waals surface area contributed by atoms with Crippen LogP contribution < -0.4 is 5.73 Å². The normalized spacial score (nSPS) is 11.8. The monoisotopic (exact) mass is 249 g/mol. The molecule has 90 valence electrons. The lowest BCUT2D eigenvalue weighted by Gasteiger charge is -2.19. The van der Waals surface area contributed by atoms with Gasteiger partial charge in [-0.3, -0.25) is 5.10 Å². The van der Waals surface area contributed by atoms with Gasteiger partial charge in [0.25, 0.3) is 0 Å². The van der Waals surface area contributed by atoms with Crippen molar-refractivity contribution in [2.24, 2.45) is 0 Å². The minimum Gasteiger partial charge on any atom is -0.382 e. The Morgan fingerprint density at radius 3 is 2.47 bits per heavy atom. The Morgan fingerprint density at radius 1 is 1.24 bits per heavy atom. The molecule has 0 aliphatic carbocycles. The molecule has 17 heavy (non-hydrogen) atoms. The fraction of sp³-hybridized carbons (Fsp3) is 0.308. The molecule has 0 saturated heterocycles. The second-order valence-corrected chi connectivity index (χ2v) is 5.50. The van der Waals surface area contributed by atoms with Crippen LogP contribution >= 0.6 is 11.6 Å². The van der Waals surface area contributed by atoms with Crippen LogP contribution in [-0.4, -0.2) is 10.2 Å². The summed E-state index contributed by atoms with van der Waals surface area (Å²) < 4.78 is 0. The number of H-pyrrole nitrogens is 1. The molecule has 1 aromatic heterocycles. The fourth-order valence-electron chi connectivity index (χ4n) is 1.84. The van der Waals surface area contributed by atoms with Gasteiger partial charge in [-0.1, -0.05) is 50.6 Å². The summed E-state index contributed by atoms with van der Waals surface area (Å²) >= 11 is 6.21. The first-order valence-corrected chi connectivity index (χ1v) is 5.88. The van der Waals surface area contributed by atoms with E-state index in [1.165, 1.54) is 0 Å². The third kappa shape index (κ3) is 2.15. The van der Waals surface area contributed by atoms with Crippen LogP contribution in [0, 0.1) is 0 Å². The highest BCUT2D eigenvalue weighted by Gasteiger charge is 2.24. The Kier molecular flexibility index (Phi) is 2.87. The molecule has 0 aliphatic heterocycles. The van der Waals surface area contributed by atoms with Crippen molar-refractivity contribution in [3.63, 3.8) is 0 Å². The number of halogens is 1. The minimum absolute atomic E-state index is 0.0564. The number of hydrogen-bond donors (Lipinski definition) is 2. The lowest BCUT2D eigenvalue weighted by Crippen LogP contribution is -2.13. The van der Waals surface area contributed by atoms with Crippen molar-refractivity contribution < 1.29 is 0 Å². The van der Waals surface area contributed by atoms with Crippen molar-refractivity contribution >= 4 is 17.4 Å². The molecular weight excluding hydrogens is 234 g/mol. The summed E-state index contributed by atoms with van der Waals surface area (Å²) in [5.41, 5.74) is 8.71. The zero-order valence-electron chi connectivity index (χ0n) is 10.2. The molecule has 0 spiro atoms. The number of hydrogen-bond acceptors (Lipinski definition) is 2. The van der Waals surface area contributed by atoms with E-state index in [0.717, 1.165) is 16.8 Å². The molecule has 3 nitrogen and oxygen atoms in total. The second-order valence-electron chi connectivity index (χ2n) is 5.09. The number of aromatic nitrogens is 2. The molecule has 0 unspecified atom stereocenters. The third-order valence-electron chi connectivity index (χ3n) is 2.69. The Balaban J connectivity index is 2.68. The lowest BCUT2D eigenvalue weighted by molar-refractivity contribution is 0.568. The van der Waals surface area contributed by atoms with Crippen LogP contribution in [0.1, 0.15) is 26.5 Å². The average Bonchev–Trinajstić information content (AvgIpc) is 2.60. The lowest BCUT2D eigenvalue weighted by atomic mass is 9.87. The fourth-order valence-corrected chi connectivity index (χ4v) is 2.07. The number of nitrogens with one attached hydrogen (secondary N) is 1. The average molecular weight is 250 g/mol. The highest BCUT2D eigenvalue weighted by molar-refractivity contribution is 6.33. The van der Waals surface area contributed by atoms with Crippen molar-refractivity contribution in [1.29, 1.82) is 0 Å². The van der Waals surface area contributed by atoms with Crippen molar-refractivity contribution in [1.82, 2.24) is 10.2 Å². The van der Waals surface area contributed by atoms with Gasteiger partial charge in [0.15, 0.2) is 5.82 Å². The highest BCUT2D eigenvalue weighted by atomic mass is 35.5. The first-order valence-electron chi connectivity index (χ1n) is 5.50. The van der Waals surface area contributed by atoms with Gasteiger partial charge in [0, 0.05) is 21.6 Å². The molecule has 3 N–H and O–H groups in total. The standard InChI is InChI=1S/C13H16ClN3/c1-13(2,3)11-10(12(15)17-16-11)8-6-4-5-7-9(8)14/h4-7H,1-3H3,(H3,15,16,17). The van der Waals surface area contributed by atoms with Crippen molar-refractivity contribution in [3.05, 3.63) is 35.0 Å². The number of benzene rings is 1. The van der Waals surface area contributed by atoms with Gasteiger partial charge < -0.3 is 5.73 Å². The van der Waals surface area contributed by atoms with Crippen LogP contribution in [0.5, 0.6) is 0 Å². The zero-order chi connectivity index (χ0) is 12.6. The smallest absolute Gasteiger partial charge is 0.153 e. The quantitative estimate of drug-likeness (QED) is 0.811. The van der Waals surface area contributed by atoms with Crippen LogP contribution in [0.3, 0.4) is 0 Å². The Bertz CT molecular complexity index is 538. The van der Waals surface area contributed by atoms with Crippen molar-refractivity contribution in [2.45, 2.75) is 26.2 Å². The van der Waals surface area contributed by atoms with Gasteiger partial charge in [-0.2, -0.15) is 5.10 Å². The van der Waals surface area contributed by atoms with Crippen LogP contribution in [0.2, 0.25) is 5.02 Å². The van der Waals surface area contributed by atoms with E-state index in [4.69, 9.17) is 17.3 Å². The summed E-state index contributed by atoms with van der Waals surface area (Å²) in [5, 5.41) is 7.79. The summed E-state index contributed by atoms with van der Waals surface area (Å²) in [4.78, 5) is 0. The molecule has 2 rings (SSSR count). The van der Waals surface area contributed by atoms with Gasteiger partial charge in [0.05, 0.1) is 5.69 Å². The molecule has 1 heterocycles. The number of nitrogens with zero attached hydrogens (tertiary/aromatic N) is 1. The number of rotatable bonds is 1. The highest BCUT2D eigenvalue weighted by Crippen LogP contribution is 2.38. The van der Waals surface area contributed by atoms with Crippen LogP contribution in [0.4, 0.5) is 5.82 Å². The second kappa shape index (κ2) is 4.08. The Hall–Kier alpha value is -1.48. The summed E-state index contributed by atoms with van der Waals surface area (Å²) in [5.74, 6) is 0.489. The van der Waals surface area contributed by atoms with E-state index in [0.29, 0.717) is 10.8 Å². The number of nitrogens with two attached hydrogens (primary N) is 1.